The molecular formula is C17H26N4O3. The van der Waals surface area contributed by atoms with E-state index in [2.05, 4.69) is 33.8 Å². The molecule has 1 heterocycles. The number of nitrogens with zero attached hydrogens (tertiary/aromatic N) is 1. The largest absolute Gasteiger partial charge is 0.450 e. The number of nitrogens with one attached hydrogen (secondary N) is 3. The number of anilines is 2. The Labute approximate surface area is 142 Å². The first-order chi connectivity index (χ1) is 11.6. The van der Waals surface area contributed by atoms with Crippen LogP contribution < -0.4 is 20.9 Å². The number of rotatable bonds is 6. The SMILES string of the molecule is CCOC(=O)NCCNC(=O)Nc1ccc(N2CCCC2)c(C)c1. The predicted molar refractivity (Wildman–Crippen MR) is 94.7 cm³/mol. The van der Waals surface area contributed by atoms with Crippen LogP contribution in [0.1, 0.15) is 25.3 Å². The van der Waals surface area contributed by atoms with Crippen LogP contribution in [0.15, 0.2) is 18.2 Å². The minimum absolute atomic E-state index is 0.297. The highest BCUT2D eigenvalue weighted by molar-refractivity contribution is 5.89. The fraction of sp³-hybridized carbons (Fsp3) is 0.529. The van der Waals surface area contributed by atoms with Gasteiger partial charge in [0.1, 0.15) is 0 Å². The first-order valence-corrected chi connectivity index (χ1v) is 8.41. The van der Waals surface area contributed by atoms with E-state index in [1.807, 2.05) is 12.1 Å². The van der Waals surface area contributed by atoms with Gasteiger partial charge in [-0.15, -0.1) is 0 Å². The Kier molecular flexibility index (Phi) is 6.72. The van der Waals surface area contributed by atoms with Crippen molar-refractivity contribution < 1.29 is 14.3 Å². The van der Waals surface area contributed by atoms with Crippen LogP contribution >= 0.6 is 0 Å². The third-order valence-corrected chi connectivity index (χ3v) is 3.86. The van der Waals surface area contributed by atoms with Gasteiger partial charge in [0, 0.05) is 37.6 Å². The molecule has 132 valence electrons. The summed E-state index contributed by atoms with van der Waals surface area (Å²) in [4.78, 5) is 25.3. The molecule has 0 aliphatic carbocycles. The van der Waals surface area contributed by atoms with E-state index in [1.54, 1.807) is 6.92 Å². The molecule has 3 amide bonds. The lowest BCUT2D eigenvalue weighted by Gasteiger charge is -2.20. The minimum atomic E-state index is -0.479. The molecule has 7 nitrogen and oxygen atoms in total. The molecule has 0 saturated carbocycles. The summed E-state index contributed by atoms with van der Waals surface area (Å²) in [7, 11) is 0. The molecule has 0 aromatic heterocycles. The number of amides is 3. The Hall–Kier alpha value is -2.44. The first kappa shape index (κ1) is 17.9. The second-order valence-electron chi connectivity index (χ2n) is 5.72. The van der Waals surface area contributed by atoms with Crippen LogP contribution in [0, 0.1) is 6.92 Å². The molecule has 24 heavy (non-hydrogen) atoms. The molecule has 1 aliphatic rings. The number of hydrogen-bond acceptors (Lipinski definition) is 4. The van der Waals surface area contributed by atoms with Crippen molar-refractivity contribution in [3.63, 3.8) is 0 Å². The maximum Gasteiger partial charge on any atom is 0.407 e. The zero-order valence-corrected chi connectivity index (χ0v) is 14.4. The number of urea groups is 1. The number of aryl methyl sites for hydroxylation is 1. The fourth-order valence-electron chi connectivity index (χ4n) is 2.74. The molecule has 0 bridgehead atoms. The Morgan fingerprint density at radius 2 is 1.88 bits per heavy atom. The van der Waals surface area contributed by atoms with Gasteiger partial charge in [0.15, 0.2) is 0 Å². The smallest absolute Gasteiger partial charge is 0.407 e. The van der Waals surface area contributed by atoms with Crippen LogP contribution in [-0.4, -0.2) is 44.9 Å². The molecule has 1 aliphatic heterocycles. The molecule has 0 spiro atoms. The molecule has 1 saturated heterocycles. The van der Waals surface area contributed by atoms with Crippen LogP contribution in [-0.2, 0) is 4.74 Å². The molecule has 1 fully saturated rings. The maximum absolute atomic E-state index is 11.9. The Morgan fingerprint density at radius 1 is 1.17 bits per heavy atom. The second-order valence-corrected chi connectivity index (χ2v) is 5.72. The van der Waals surface area contributed by atoms with E-state index >= 15 is 0 Å². The van der Waals surface area contributed by atoms with E-state index in [0.29, 0.717) is 19.7 Å². The summed E-state index contributed by atoms with van der Waals surface area (Å²) in [5, 5.41) is 8.03. The van der Waals surface area contributed by atoms with Crippen molar-refractivity contribution in [3.05, 3.63) is 23.8 Å². The van der Waals surface area contributed by atoms with Crippen molar-refractivity contribution >= 4 is 23.5 Å². The van der Waals surface area contributed by atoms with Gasteiger partial charge in [-0.25, -0.2) is 9.59 Å². The summed E-state index contributed by atoms with van der Waals surface area (Å²) in [5.41, 5.74) is 3.14. The zero-order chi connectivity index (χ0) is 17.4. The predicted octanol–water partition coefficient (Wildman–Crippen LogP) is 2.46. The van der Waals surface area contributed by atoms with E-state index in [4.69, 9.17) is 4.74 Å². The van der Waals surface area contributed by atoms with Gasteiger partial charge in [-0.3, -0.25) is 0 Å². The van der Waals surface area contributed by atoms with E-state index in [9.17, 15) is 9.59 Å². The molecule has 0 radical (unpaired) electrons. The molecule has 0 atom stereocenters. The van der Waals surface area contributed by atoms with E-state index < -0.39 is 6.09 Å². The topological polar surface area (TPSA) is 82.7 Å². The quantitative estimate of drug-likeness (QED) is 0.698. The molecule has 3 N–H and O–H groups in total. The molecule has 2 rings (SSSR count). The average molecular weight is 334 g/mol. The summed E-state index contributed by atoms with van der Waals surface area (Å²) in [6.07, 6.45) is 2.00. The van der Waals surface area contributed by atoms with Gasteiger partial charge in [0.05, 0.1) is 6.61 Å². The van der Waals surface area contributed by atoms with Crippen molar-refractivity contribution in [2.75, 3.05) is 43.0 Å². The standard InChI is InChI=1S/C17H26N4O3/c1-3-24-17(23)19-9-8-18-16(22)20-14-6-7-15(13(2)12-14)21-10-4-5-11-21/h6-7,12H,3-5,8-11H2,1-2H3,(H,19,23)(H2,18,20,22). The number of ether oxygens (including phenoxy) is 1. The van der Waals surface area contributed by atoms with Crippen LogP contribution in [0.3, 0.4) is 0 Å². The van der Waals surface area contributed by atoms with Gasteiger partial charge in [-0.1, -0.05) is 0 Å². The first-order valence-electron chi connectivity index (χ1n) is 8.41. The molecule has 1 aromatic rings. The van der Waals surface area contributed by atoms with Crippen LogP contribution in [0.25, 0.3) is 0 Å². The number of hydrogen-bond donors (Lipinski definition) is 3. The normalized spacial score (nSPS) is 13.5. The van der Waals surface area contributed by atoms with Crippen molar-refractivity contribution in [1.29, 1.82) is 0 Å². The summed E-state index contributed by atoms with van der Waals surface area (Å²) in [6, 6.07) is 5.65. The van der Waals surface area contributed by atoms with Gasteiger partial charge in [0.2, 0.25) is 0 Å². The Bertz CT molecular complexity index is 571. The van der Waals surface area contributed by atoms with Crippen molar-refractivity contribution in [2.24, 2.45) is 0 Å². The lowest BCUT2D eigenvalue weighted by molar-refractivity contribution is 0.152. The number of benzene rings is 1. The lowest BCUT2D eigenvalue weighted by atomic mass is 10.1. The van der Waals surface area contributed by atoms with Gasteiger partial charge < -0.3 is 25.6 Å². The van der Waals surface area contributed by atoms with Gasteiger partial charge >= 0.3 is 12.1 Å². The second kappa shape index (κ2) is 9.00. The number of carbonyl (C=O) groups excluding carboxylic acids is 2. The average Bonchev–Trinajstić information content (AvgIpc) is 3.06. The molecule has 0 unspecified atom stereocenters. The fourth-order valence-corrected chi connectivity index (χ4v) is 2.74. The van der Waals surface area contributed by atoms with E-state index in [1.165, 1.54) is 18.5 Å². The zero-order valence-electron chi connectivity index (χ0n) is 14.4. The summed E-state index contributed by atoms with van der Waals surface area (Å²) in [6.45, 7) is 6.96. The van der Waals surface area contributed by atoms with Gasteiger partial charge in [0.25, 0.3) is 0 Å². The van der Waals surface area contributed by atoms with Crippen molar-refractivity contribution in [2.45, 2.75) is 26.7 Å². The maximum atomic E-state index is 11.9. The highest BCUT2D eigenvalue weighted by Crippen LogP contribution is 2.26. The third-order valence-electron chi connectivity index (χ3n) is 3.86. The molecule has 7 heteroatoms. The number of carbonyl (C=O) groups is 2. The highest BCUT2D eigenvalue weighted by Gasteiger charge is 2.14. The van der Waals surface area contributed by atoms with Crippen LogP contribution in [0.2, 0.25) is 0 Å². The summed E-state index contributed by atoms with van der Waals surface area (Å²) < 4.78 is 4.73. The van der Waals surface area contributed by atoms with E-state index in [-0.39, 0.29) is 6.03 Å². The van der Waals surface area contributed by atoms with Crippen molar-refractivity contribution in [3.8, 4) is 0 Å². The monoisotopic (exact) mass is 334 g/mol. The summed E-state index contributed by atoms with van der Waals surface area (Å²) >= 11 is 0. The highest BCUT2D eigenvalue weighted by atomic mass is 16.5. The third kappa shape index (κ3) is 5.33. The summed E-state index contributed by atoms with van der Waals surface area (Å²) in [5.74, 6) is 0. The Morgan fingerprint density at radius 3 is 2.54 bits per heavy atom. The van der Waals surface area contributed by atoms with E-state index in [0.717, 1.165) is 24.3 Å². The molecular weight excluding hydrogens is 308 g/mol. The molecule has 1 aromatic carbocycles. The Balaban J connectivity index is 1.75. The minimum Gasteiger partial charge on any atom is -0.450 e. The number of alkyl carbamates (subject to hydrolysis) is 1. The van der Waals surface area contributed by atoms with Crippen LogP contribution in [0.5, 0.6) is 0 Å². The van der Waals surface area contributed by atoms with Crippen molar-refractivity contribution in [1.82, 2.24) is 10.6 Å². The van der Waals surface area contributed by atoms with Gasteiger partial charge in [-0.05, 0) is 50.5 Å². The van der Waals surface area contributed by atoms with Crippen LogP contribution in [0.4, 0.5) is 21.0 Å². The van der Waals surface area contributed by atoms with Gasteiger partial charge in [-0.2, -0.15) is 0 Å². The lowest BCUT2D eigenvalue weighted by Crippen LogP contribution is -2.37.